The van der Waals surface area contributed by atoms with Crippen LogP contribution in [0.3, 0.4) is 0 Å². The van der Waals surface area contributed by atoms with Crippen molar-refractivity contribution in [1.29, 1.82) is 0 Å². The van der Waals surface area contributed by atoms with Gasteiger partial charge >= 0.3 is 6.09 Å². The van der Waals surface area contributed by atoms with Crippen LogP contribution in [0.15, 0.2) is 30.3 Å². The quantitative estimate of drug-likeness (QED) is 0.161. The summed E-state index contributed by atoms with van der Waals surface area (Å²) in [5.74, 6) is -0.157. The Bertz CT molecular complexity index is 700. The fourth-order valence-corrected chi connectivity index (χ4v) is 4.52. The molecule has 1 atom stereocenters. The summed E-state index contributed by atoms with van der Waals surface area (Å²) >= 11 is 0. The first-order valence-electron chi connectivity index (χ1n) is 15.1. The van der Waals surface area contributed by atoms with Crippen molar-refractivity contribution in [3.8, 4) is 0 Å². The van der Waals surface area contributed by atoms with Gasteiger partial charge in [0, 0.05) is 13.0 Å². The molecule has 5 heteroatoms. The number of carbonyl (C=O) groups is 2. The second-order valence-electron chi connectivity index (χ2n) is 11.5. The molecule has 0 spiro atoms. The van der Waals surface area contributed by atoms with Crippen LogP contribution in [0.2, 0.25) is 0 Å². The number of hydrogen-bond acceptors (Lipinski definition) is 3. The van der Waals surface area contributed by atoms with Gasteiger partial charge < -0.3 is 15.4 Å². The number of nitrogens with one attached hydrogen (secondary N) is 2. The highest BCUT2D eigenvalue weighted by Gasteiger charge is 2.24. The molecule has 0 saturated carbocycles. The lowest BCUT2D eigenvalue weighted by Crippen LogP contribution is -2.49. The van der Waals surface area contributed by atoms with Crippen LogP contribution in [0.4, 0.5) is 4.79 Å². The lowest BCUT2D eigenvalue weighted by atomic mass is 10.0. The molecule has 37 heavy (non-hydrogen) atoms. The number of benzene rings is 1. The average molecular weight is 517 g/mol. The molecule has 1 aromatic rings. The molecule has 0 aliphatic carbocycles. The van der Waals surface area contributed by atoms with Crippen LogP contribution >= 0.6 is 0 Å². The Labute approximate surface area is 227 Å². The monoisotopic (exact) mass is 516 g/mol. The molecule has 2 N–H and O–H groups in total. The molecule has 0 aliphatic rings. The molecule has 0 aromatic heterocycles. The number of ether oxygens (including phenoxy) is 1. The molecular weight excluding hydrogens is 460 g/mol. The summed E-state index contributed by atoms with van der Waals surface area (Å²) in [6.45, 7) is 8.36. The van der Waals surface area contributed by atoms with Gasteiger partial charge in [0.15, 0.2) is 0 Å². The van der Waals surface area contributed by atoms with Crippen molar-refractivity contribution in [2.75, 3.05) is 6.54 Å². The van der Waals surface area contributed by atoms with Crippen molar-refractivity contribution < 1.29 is 14.3 Å². The fourth-order valence-electron chi connectivity index (χ4n) is 4.52. The SMILES string of the molecule is CCCCCCCCCCCCCCCCCCNC(=O)C(Cc1ccccc1)NC(=O)OC(C)(C)C. The van der Waals surface area contributed by atoms with Gasteiger partial charge in [-0.05, 0) is 32.8 Å². The van der Waals surface area contributed by atoms with Crippen molar-refractivity contribution in [2.45, 2.75) is 148 Å². The molecule has 1 rings (SSSR count). The Hall–Kier alpha value is -2.04. The van der Waals surface area contributed by atoms with Crippen LogP contribution < -0.4 is 10.6 Å². The van der Waals surface area contributed by atoms with Gasteiger partial charge in [0.05, 0.1) is 0 Å². The second kappa shape index (κ2) is 21.0. The molecule has 0 fully saturated rings. The van der Waals surface area contributed by atoms with Crippen LogP contribution in [-0.2, 0) is 16.0 Å². The van der Waals surface area contributed by atoms with E-state index in [0.717, 1.165) is 18.4 Å². The van der Waals surface area contributed by atoms with E-state index in [0.29, 0.717) is 13.0 Å². The molecule has 212 valence electrons. The summed E-state index contributed by atoms with van der Waals surface area (Å²) in [5, 5.41) is 5.77. The molecule has 0 aliphatic heterocycles. The number of hydrogen-bond donors (Lipinski definition) is 2. The van der Waals surface area contributed by atoms with Gasteiger partial charge in [0.1, 0.15) is 11.6 Å². The topological polar surface area (TPSA) is 67.4 Å². The zero-order valence-electron chi connectivity index (χ0n) is 24.4. The van der Waals surface area contributed by atoms with Crippen LogP contribution in [0.1, 0.15) is 136 Å². The normalized spacial score (nSPS) is 12.2. The summed E-state index contributed by atoms with van der Waals surface area (Å²) < 4.78 is 5.36. The Morgan fingerprint density at radius 1 is 0.730 bits per heavy atom. The summed E-state index contributed by atoms with van der Waals surface area (Å²) in [6.07, 6.45) is 21.1. The van der Waals surface area contributed by atoms with Crippen molar-refractivity contribution >= 4 is 12.0 Å². The minimum atomic E-state index is -0.654. The van der Waals surface area contributed by atoms with E-state index in [1.807, 2.05) is 51.1 Å². The van der Waals surface area contributed by atoms with Crippen LogP contribution in [0.25, 0.3) is 0 Å². The number of amides is 2. The van der Waals surface area contributed by atoms with Gasteiger partial charge in [0.2, 0.25) is 5.91 Å². The summed E-state index contributed by atoms with van der Waals surface area (Å²) in [5.41, 5.74) is 0.395. The molecule has 0 heterocycles. The van der Waals surface area contributed by atoms with E-state index < -0.39 is 17.7 Å². The lowest BCUT2D eigenvalue weighted by Gasteiger charge is -2.23. The Morgan fingerprint density at radius 2 is 1.19 bits per heavy atom. The van der Waals surface area contributed by atoms with Crippen molar-refractivity contribution in [3.63, 3.8) is 0 Å². The van der Waals surface area contributed by atoms with E-state index in [1.165, 1.54) is 89.9 Å². The van der Waals surface area contributed by atoms with Crippen molar-refractivity contribution in [1.82, 2.24) is 10.6 Å². The molecule has 0 bridgehead atoms. The van der Waals surface area contributed by atoms with Gasteiger partial charge in [-0.25, -0.2) is 4.79 Å². The highest BCUT2D eigenvalue weighted by Crippen LogP contribution is 2.14. The fraction of sp³-hybridized carbons (Fsp3) is 0.750. The minimum absolute atomic E-state index is 0.157. The Kier molecular flexibility index (Phi) is 18.7. The zero-order valence-corrected chi connectivity index (χ0v) is 24.4. The third-order valence-electron chi connectivity index (χ3n) is 6.62. The van der Waals surface area contributed by atoms with E-state index in [2.05, 4.69) is 17.6 Å². The van der Waals surface area contributed by atoms with E-state index in [-0.39, 0.29) is 5.91 Å². The number of rotatable bonds is 21. The minimum Gasteiger partial charge on any atom is -0.444 e. The van der Waals surface area contributed by atoms with E-state index in [1.54, 1.807) is 0 Å². The van der Waals surface area contributed by atoms with Crippen LogP contribution in [0.5, 0.6) is 0 Å². The zero-order chi connectivity index (χ0) is 27.2. The van der Waals surface area contributed by atoms with Gasteiger partial charge in [-0.2, -0.15) is 0 Å². The Balaban J connectivity index is 2.12. The standard InChI is InChI=1S/C32H56N2O3/c1-5-6-7-8-9-10-11-12-13-14-15-16-17-18-19-23-26-33-30(35)29(27-28-24-21-20-22-25-28)34-31(36)37-32(2,3)4/h20-22,24-25,29H,5-19,23,26-27H2,1-4H3,(H,33,35)(H,34,36). The van der Waals surface area contributed by atoms with Gasteiger partial charge in [-0.15, -0.1) is 0 Å². The first-order chi connectivity index (χ1) is 17.8. The van der Waals surface area contributed by atoms with E-state index in [9.17, 15) is 9.59 Å². The Morgan fingerprint density at radius 3 is 1.65 bits per heavy atom. The maximum absolute atomic E-state index is 12.8. The molecule has 0 radical (unpaired) electrons. The van der Waals surface area contributed by atoms with Crippen molar-refractivity contribution in [2.24, 2.45) is 0 Å². The smallest absolute Gasteiger partial charge is 0.408 e. The molecule has 1 aromatic carbocycles. The van der Waals surface area contributed by atoms with Gasteiger partial charge in [-0.1, -0.05) is 134 Å². The number of alkyl carbamates (subject to hydrolysis) is 1. The summed E-state index contributed by atoms with van der Waals surface area (Å²) in [7, 11) is 0. The highest BCUT2D eigenvalue weighted by atomic mass is 16.6. The summed E-state index contributed by atoms with van der Waals surface area (Å²) in [6, 6.07) is 9.09. The third kappa shape index (κ3) is 19.7. The first kappa shape index (κ1) is 33.0. The predicted molar refractivity (Wildman–Crippen MR) is 156 cm³/mol. The average Bonchev–Trinajstić information content (AvgIpc) is 2.85. The third-order valence-corrected chi connectivity index (χ3v) is 6.62. The van der Waals surface area contributed by atoms with Crippen LogP contribution in [-0.4, -0.2) is 30.2 Å². The number of carbonyl (C=O) groups excluding carboxylic acids is 2. The van der Waals surface area contributed by atoms with Gasteiger partial charge in [-0.3, -0.25) is 4.79 Å². The first-order valence-corrected chi connectivity index (χ1v) is 15.1. The molecule has 2 amide bonds. The van der Waals surface area contributed by atoms with Crippen molar-refractivity contribution in [3.05, 3.63) is 35.9 Å². The second-order valence-corrected chi connectivity index (χ2v) is 11.5. The molecular formula is C32H56N2O3. The van der Waals surface area contributed by atoms with E-state index in [4.69, 9.17) is 4.74 Å². The highest BCUT2D eigenvalue weighted by molar-refractivity contribution is 5.86. The molecule has 5 nitrogen and oxygen atoms in total. The van der Waals surface area contributed by atoms with E-state index >= 15 is 0 Å². The number of unbranched alkanes of at least 4 members (excludes halogenated alkanes) is 15. The molecule has 0 saturated heterocycles. The lowest BCUT2D eigenvalue weighted by molar-refractivity contribution is -0.123. The predicted octanol–water partition coefficient (Wildman–Crippen LogP) is 8.50. The maximum atomic E-state index is 12.8. The largest absolute Gasteiger partial charge is 0.444 e. The summed E-state index contributed by atoms with van der Waals surface area (Å²) in [4.78, 5) is 25.1. The molecule has 1 unspecified atom stereocenters. The van der Waals surface area contributed by atoms with Gasteiger partial charge in [0.25, 0.3) is 0 Å². The van der Waals surface area contributed by atoms with Crippen LogP contribution in [0, 0.1) is 0 Å². The maximum Gasteiger partial charge on any atom is 0.408 e.